The average molecular weight is 184 g/mol. The van der Waals surface area contributed by atoms with Gasteiger partial charge in [0.25, 0.3) is 0 Å². The first-order valence-corrected chi connectivity index (χ1v) is 4.41. The summed E-state index contributed by atoms with van der Waals surface area (Å²) in [5.74, 6) is -0.0254. The van der Waals surface area contributed by atoms with E-state index in [0.717, 1.165) is 19.3 Å². The fraction of sp³-hybridized carbons (Fsp3) is 0.750. The first kappa shape index (κ1) is 8.50. The fourth-order valence-corrected chi connectivity index (χ4v) is 1.58. The van der Waals surface area contributed by atoms with Crippen molar-refractivity contribution in [3.63, 3.8) is 0 Å². The number of H-pyrrole nitrogens is 1. The van der Waals surface area contributed by atoms with Crippen LogP contribution in [0.25, 0.3) is 0 Å². The van der Waals surface area contributed by atoms with Crippen molar-refractivity contribution in [3.05, 3.63) is 16.4 Å². The number of rotatable bonds is 1. The van der Waals surface area contributed by atoms with Crippen LogP contribution in [0, 0.1) is 0 Å². The maximum Gasteiger partial charge on any atom is 0.439 e. The lowest BCUT2D eigenvalue weighted by molar-refractivity contribution is -0.0770. The molecule has 1 atom stereocenters. The number of nitrogens with one attached hydrogen (secondary N) is 1. The number of hydrogen-bond donors (Lipinski definition) is 1. The summed E-state index contributed by atoms with van der Waals surface area (Å²) in [6.45, 7) is 2.63. The second-order valence-electron chi connectivity index (χ2n) is 3.48. The van der Waals surface area contributed by atoms with Crippen LogP contribution < -0.4 is 5.76 Å². The number of aromatic amines is 1. The van der Waals surface area contributed by atoms with Crippen molar-refractivity contribution in [3.8, 4) is 0 Å². The van der Waals surface area contributed by atoms with Crippen molar-refractivity contribution in [2.24, 2.45) is 0 Å². The first-order chi connectivity index (χ1) is 6.21. The van der Waals surface area contributed by atoms with Crippen molar-refractivity contribution in [2.75, 3.05) is 6.61 Å². The monoisotopic (exact) mass is 184 g/mol. The zero-order valence-electron chi connectivity index (χ0n) is 7.50. The van der Waals surface area contributed by atoms with E-state index in [-0.39, 0.29) is 0 Å². The van der Waals surface area contributed by atoms with Crippen LogP contribution in [-0.4, -0.2) is 16.7 Å². The van der Waals surface area contributed by atoms with Gasteiger partial charge in [0.05, 0.1) is 0 Å². The minimum absolute atomic E-state index is 0.468. The van der Waals surface area contributed by atoms with Crippen LogP contribution >= 0.6 is 0 Å². The Hall–Kier alpha value is -1.10. The van der Waals surface area contributed by atoms with Gasteiger partial charge in [-0.3, -0.25) is 9.51 Å². The van der Waals surface area contributed by atoms with E-state index in [2.05, 4.69) is 14.7 Å². The molecule has 2 rings (SSSR count). The van der Waals surface area contributed by atoms with Crippen LogP contribution in [0.15, 0.2) is 9.32 Å². The lowest BCUT2D eigenvalue weighted by Gasteiger charge is -2.30. The number of ether oxygens (including phenoxy) is 1. The zero-order valence-corrected chi connectivity index (χ0v) is 7.50. The third-order valence-electron chi connectivity index (χ3n) is 2.41. The molecule has 5 nitrogen and oxygen atoms in total. The first-order valence-electron chi connectivity index (χ1n) is 4.41. The molecule has 0 spiro atoms. The Labute approximate surface area is 75.1 Å². The summed E-state index contributed by atoms with van der Waals surface area (Å²) in [4.78, 5) is 13.3. The molecule has 1 fully saturated rings. The van der Waals surface area contributed by atoms with Gasteiger partial charge in [-0.05, 0) is 26.2 Å². The molecule has 0 aliphatic carbocycles. The SMILES string of the molecule is CC1(c2noc(=O)[nH]2)CCCCO1. The van der Waals surface area contributed by atoms with Crippen LogP contribution in [0.5, 0.6) is 0 Å². The summed E-state index contributed by atoms with van der Waals surface area (Å²) in [7, 11) is 0. The highest BCUT2D eigenvalue weighted by atomic mass is 16.5. The molecule has 0 bridgehead atoms. The summed E-state index contributed by atoms with van der Waals surface area (Å²) in [6, 6.07) is 0. The zero-order chi connectivity index (χ0) is 9.31. The van der Waals surface area contributed by atoms with E-state index in [4.69, 9.17) is 4.74 Å². The lowest BCUT2D eigenvalue weighted by Crippen LogP contribution is -2.31. The minimum Gasteiger partial charge on any atom is -0.367 e. The largest absolute Gasteiger partial charge is 0.439 e. The Morgan fingerprint density at radius 1 is 1.54 bits per heavy atom. The summed E-state index contributed by atoms with van der Waals surface area (Å²) in [5, 5.41) is 3.64. The quantitative estimate of drug-likeness (QED) is 0.700. The molecule has 1 aliphatic heterocycles. The predicted octanol–water partition coefficient (Wildman–Crippen LogP) is 0.779. The molecule has 1 unspecified atom stereocenters. The van der Waals surface area contributed by atoms with Gasteiger partial charge in [-0.25, -0.2) is 4.79 Å². The smallest absolute Gasteiger partial charge is 0.367 e. The summed E-state index contributed by atoms with van der Waals surface area (Å²) in [6.07, 6.45) is 3.03. The Kier molecular flexibility index (Phi) is 1.95. The van der Waals surface area contributed by atoms with Gasteiger partial charge in [0.15, 0.2) is 5.82 Å². The minimum atomic E-state index is -0.523. The average Bonchev–Trinajstić information content (AvgIpc) is 2.54. The highest BCUT2D eigenvalue weighted by Gasteiger charge is 2.33. The molecule has 1 aromatic heterocycles. The van der Waals surface area contributed by atoms with E-state index in [1.165, 1.54) is 0 Å². The second-order valence-corrected chi connectivity index (χ2v) is 3.48. The van der Waals surface area contributed by atoms with E-state index >= 15 is 0 Å². The number of nitrogens with zero attached hydrogens (tertiary/aromatic N) is 1. The summed E-state index contributed by atoms with van der Waals surface area (Å²) < 4.78 is 10.0. The van der Waals surface area contributed by atoms with Crippen LogP contribution in [-0.2, 0) is 10.3 Å². The Bertz CT molecular complexity index is 335. The van der Waals surface area contributed by atoms with E-state index < -0.39 is 11.4 Å². The third kappa shape index (κ3) is 1.51. The molecule has 5 heteroatoms. The molecule has 1 saturated heterocycles. The van der Waals surface area contributed by atoms with Gasteiger partial charge in [-0.15, -0.1) is 0 Å². The van der Waals surface area contributed by atoms with Crippen molar-refractivity contribution in [1.29, 1.82) is 0 Å². The van der Waals surface area contributed by atoms with Crippen LogP contribution in [0.3, 0.4) is 0 Å². The van der Waals surface area contributed by atoms with E-state index in [1.807, 2.05) is 6.92 Å². The van der Waals surface area contributed by atoms with Crippen molar-refractivity contribution in [1.82, 2.24) is 10.1 Å². The standard InChI is InChI=1S/C8H12N2O3/c1-8(4-2-3-5-12-8)6-9-7(11)13-10-6/h2-5H2,1H3,(H,9,10,11). The van der Waals surface area contributed by atoms with Gasteiger partial charge in [0, 0.05) is 6.61 Å². The fourth-order valence-electron chi connectivity index (χ4n) is 1.58. The molecule has 1 aliphatic rings. The number of hydrogen-bond acceptors (Lipinski definition) is 4. The number of aromatic nitrogens is 2. The molecule has 0 aromatic carbocycles. The molecule has 1 N–H and O–H groups in total. The Morgan fingerprint density at radius 2 is 2.38 bits per heavy atom. The van der Waals surface area contributed by atoms with Crippen molar-refractivity contribution < 1.29 is 9.26 Å². The van der Waals surface area contributed by atoms with Gasteiger partial charge < -0.3 is 4.74 Å². The van der Waals surface area contributed by atoms with Gasteiger partial charge in [-0.2, -0.15) is 0 Å². The molecule has 72 valence electrons. The molecule has 2 heterocycles. The molecule has 0 amide bonds. The second kappa shape index (κ2) is 2.99. The van der Waals surface area contributed by atoms with Crippen LogP contribution in [0.4, 0.5) is 0 Å². The maximum atomic E-state index is 10.7. The summed E-state index contributed by atoms with van der Waals surface area (Å²) >= 11 is 0. The lowest BCUT2D eigenvalue weighted by atomic mass is 9.95. The molecule has 1 aromatic rings. The van der Waals surface area contributed by atoms with Gasteiger partial charge >= 0.3 is 5.76 Å². The molecule has 0 saturated carbocycles. The van der Waals surface area contributed by atoms with Crippen molar-refractivity contribution in [2.45, 2.75) is 31.8 Å². The molecular weight excluding hydrogens is 172 g/mol. The topological polar surface area (TPSA) is 68.1 Å². The Morgan fingerprint density at radius 3 is 2.92 bits per heavy atom. The summed E-state index contributed by atoms with van der Waals surface area (Å²) in [5.41, 5.74) is -0.468. The van der Waals surface area contributed by atoms with Gasteiger partial charge in [0.2, 0.25) is 0 Å². The van der Waals surface area contributed by atoms with Gasteiger partial charge in [-0.1, -0.05) is 5.16 Å². The molecular formula is C8H12N2O3. The van der Waals surface area contributed by atoms with Gasteiger partial charge in [0.1, 0.15) is 5.60 Å². The van der Waals surface area contributed by atoms with Crippen molar-refractivity contribution >= 4 is 0 Å². The Balaban J connectivity index is 2.27. The normalized spacial score (nSPS) is 29.0. The third-order valence-corrected chi connectivity index (χ3v) is 2.41. The maximum absolute atomic E-state index is 10.7. The van der Waals surface area contributed by atoms with Crippen LogP contribution in [0.1, 0.15) is 32.0 Å². The van der Waals surface area contributed by atoms with E-state index in [9.17, 15) is 4.79 Å². The highest BCUT2D eigenvalue weighted by Crippen LogP contribution is 2.31. The van der Waals surface area contributed by atoms with Crippen LogP contribution in [0.2, 0.25) is 0 Å². The van der Waals surface area contributed by atoms with E-state index in [1.54, 1.807) is 0 Å². The molecule has 13 heavy (non-hydrogen) atoms. The molecule has 0 radical (unpaired) electrons. The highest BCUT2D eigenvalue weighted by molar-refractivity contribution is 4.97. The predicted molar refractivity (Wildman–Crippen MR) is 44.3 cm³/mol. The van der Waals surface area contributed by atoms with E-state index in [0.29, 0.717) is 12.4 Å².